The standard InChI is InChI=1S/C26H33N5O4/c1-17(27)26(35)31-14-8-13-22(31)25(34)30-21(16-19-11-6-3-7-12-19)24(33)29-20(23(28)32)15-18-9-4-2-5-10-18/h2-7,9-12,17,20-22H,8,13-16,27H2,1H3,(H2,28,32)(H,29,33)(H,30,34). The first-order valence-corrected chi connectivity index (χ1v) is 11.8. The second kappa shape index (κ2) is 12.1. The molecule has 0 saturated carbocycles. The summed E-state index contributed by atoms with van der Waals surface area (Å²) < 4.78 is 0. The Morgan fingerprint density at radius 2 is 1.46 bits per heavy atom. The number of nitrogens with one attached hydrogen (secondary N) is 2. The van der Waals surface area contributed by atoms with Crippen molar-refractivity contribution in [1.82, 2.24) is 15.5 Å². The van der Waals surface area contributed by atoms with Crippen molar-refractivity contribution in [3.63, 3.8) is 0 Å². The zero-order valence-electron chi connectivity index (χ0n) is 19.9. The summed E-state index contributed by atoms with van der Waals surface area (Å²) in [5, 5.41) is 5.51. The minimum absolute atomic E-state index is 0.211. The number of nitrogens with two attached hydrogens (primary N) is 2. The van der Waals surface area contributed by atoms with Crippen LogP contribution in [0.1, 0.15) is 30.9 Å². The second-order valence-corrected chi connectivity index (χ2v) is 8.88. The van der Waals surface area contributed by atoms with E-state index >= 15 is 0 Å². The summed E-state index contributed by atoms with van der Waals surface area (Å²) in [6, 6.07) is 15.1. The lowest BCUT2D eigenvalue weighted by Crippen LogP contribution is -2.57. The fourth-order valence-corrected chi connectivity index (χ4v) is 4.24. The van der Waals surface area contributed by atoms with E-state index < -0.39 is 41.9 Å². The number of likely N-dealkylation sites (tertiary alicyclic amines) is 1. The topological polar surface area (TPSA) is 148 Å². The summed E-state index contributed by atoms with van der Waals surface area (Å²) >= 11 is 0. The Bertz CT molecular complexity index is 1030. The van der Waals surface area contributed by atoms with E-state index in [-0.39, 0.29) is 18.7 Å². The van der Waals surface area contributed by atoms with Gasteiger partial charge in [0, 0.05) is 19.4 Å². The number of amides is 4. The van der Waals surface area contributed by atoms with Gasteiger partial charge in [-0.25, -0.2) is 0 Å². The molecule has 186 valence electrons. The van der Waals surface area contributed by atoms with Crippen LogP contribution in [0.5, 0.6) is 0 Å². The molecule has 0 aliphatic carbocycles. The van der Waals surface area contributed by atoms with Gasteiger partial charge >= 0.3 is 0 Å². The highest BCUT2D eigenvalue weighted by Crippen LogP contribution is 2.19. The maximum Gasteiger partial charge on any atom is 0.243 e. The zero-order valence-corrected chi connectivity index (χ0v) is 19.9. The third-order valence-electron chi connectivity index (χ3n) is 6.09. The molecular formula is C26H33N5O4. The molecule has 4 unspecified atom stereocenters. The summed E-state index contributed by atoms with van der Waals surface area (Å²) in [7, 11) is 0. The molecule has 0 aromatic heterocycles. The van der Waals surface area contributed by atoms with E-state index in [2.05, 4.69) is 10.6 Å². The van der Waals surface area contributed by atoms with Crippen LogP contribution in [0.3, 0.4) is 0 Å². The molecule has 4 atom stereocenters. The Labute approximate surface area is 205 Å². The minimum atomic E-state index is -0.963. The van der Waals surface area contributed by atoms with Crippen molar-refractivity contribution in [2.24, 2.45) is 11.5 Å². The van der Waals surface area contributed by atoms with Gasteiger partial charge in [-0.05, 0) is 30.9 Å². The number of carbonyl (C=O) groups excluding carboxylic acids is 4. The number of rotatable bonds is 10. The van der Waals surface area contributed by atoms with Crippen LogP contribution in [-0.4, -0.2) is 59.2 Å². The van der Waals surface area contributed by atoms with Crippen LogP contribution in [0.2, 0.25) is 0 Å². The van der Waals surface area contributed by atoms with Gasteiger partial charge in [-0.3, -0.25) is 19.2 Å². The quantitative estimate of drug-likeness (QED) is 0.386. The summed E-state index contributed by atoms with van der Waals surface area (Å²) in [4.78, 5) is 52.5. The van der Waals surface area contributed by atoms with Gasteiger partial charge in [0.25, 0.3) is 0 Å². The summed E-state index contributed by atoms with van der Waals surface area (Å²) in [5.74, 6) is -1.92. The normalized spacial score (nSPS) is 17.8. The van der Waals surface area contributed by atoms with Crippen LogP contribution in [0, 0.1) is 0 Å². The van der Waals surface area contributed by atoms with E-state index in [0.29, 0.717) is 19.4 Å². The van der Waals surface area contributed by atoms with E-state index in [9.17, 15) is 19.2 Å². The van der Waals surface area contributed by atoms with Crippen molar-refractivity contribution in [3.8, 4) is 0 Å². The molecule has 2 aromatic carbocycles. The lowest BCUT2D eigenvalue weighted by molar-refractivity contribution is -0.140. The first-order chi connectivity index (χ1) is 16.8. The second-order valence-electron chi connectivity index (χ2n) is 8.88. The average molecular weight is 480 g/mol. The Balaban J connectivity index is 1.76. The van der Waals surface area contributed by atoms with Crippen LogP contribution in [0.25, 0.3) is 0 Å². The number of primary amides is 1. The van der Waals surface area contributed by atoms with Crippen molar-refractivity contribution >= 4 is 23.6 Å². The predicted molar refractivity (Wildman–Crippen MR) is 132 cm³/mol. The van der Waals surface area contributed by atoms with E-state index in [0.717, 1.165) is 11.1 Å². The molecule has 1 heterocycles. The van der Waals surface area contributed by atoms with Gasteiger partial charge in [0.15, 0.2) is 0 Å². The first-order valence-electron chi connectivity index (χ1n) is 11.8. The molecule has 6 N–H and O–H groups in total. The molecule has 35 heavy (non-hydrogen) atoms. The van der Waals surface area contributed by atoms with Crippen molar-refractivity contribution < 1.29 is 19.2 Å². The molecular weight excluding hydrogens is 446 g/mol. The predicted octanol–water partition coefficient (Wildman–Crippen LogP) is 0.265. The molecule has 1 saturated heterocycles. The Morgan fingerprint density at radius 1 is 0.914 bits per heavy atom. The van der Waals surface area contributed by atoms with Crippen LogP contribution in [0.15, 0.2) is 60.7 Å². The van der Waals surface area contributed by atoms with E-state index in [1.165, 1.54) is 4.90 Å². The van der Waals surface area contributed by atoms with Crippen LogP contribution in [0.4, 0.5) is 0 Å². The van der Waals surface area contributed by atoms with Gasteiger partial charge in [0.2, 0.25) is 23.6 Å². The smallest absolute Gasteiger partial charge is 0.243 e. The van der Waals surface area contributed by atoms with E-state index in [1.807, 2.05) is 60.7 Å². The largest absolute Gasteiger partial charge is 0.368 e. The van der Waals surface area contributed by atoms with E-state index in [4.69, 9.17) is 11.5 Å². The summed E-state index contributed by atoms with van der Waals surface area (Å²) in [6.45, 7) is 2.02. The molecule has 2 aromatic rings. The number of nitrogens with zero attached hydrogens (tertiary/aromatic N) is 1. The molecule has 0 bridgehead atoms. The Kier molecular flexibility index (Phi) is 8.97. The maximum absolute atomic E-state index is 13.3. The Morgan fingerprint density at radius 3 is 1.97 bits per heavy atom. The number of hydrogen-bond donors (Lipinski definition) is 4. The molecule has 1 aliphatic heterocycles. The van der Waals surface area contributed by atoms with Crippen molar-refractivity contribution in [3.05, 3.63) is 71.8 Å². The molecule has 9 nitrogen and oxygen atoms in total. The minimum Gasteiger partial charge on any atom is -0.368 e. The molecule has 0 spiro atoms. The third kappa shape index (κ3) is 7.13. The average Bonchev–Trinajstić information content (AvgIpc) is 3.34. The maximum atomic E-state index is 13.3. The number of carbonyl (C=O) groups is 4. The molecule has 4 amide bonds. The van der Waals surface area contributed by atoms with Crippen molar-refractivity contribution in [1.29, 1.82) is 0 Å². The Hall–Kier alpha value is -3.72. The van der Waals surface area contributed by atoms with E-state index in [1.54, 1.807) is 6.92 Å². The molecule has 9 heteroatoms. The zero-order chi connectivity index (χ0) is 25.4. The molecule has 3 rings (SSSR count). The monoisotopic (exact) mass is 479 g/mol. The van der Waals surface area contributed by atoms with Crippen LogP contribution >= 0.6 is 0 Å². The molecule has 1 fully saturated rings. The lowest BCUT2D eigenvalue weighted by atomic mass is 10.0. The van der Waals surface area contributed by atoms with Gasteiger partial charge in [-0.15, -0.1) is 0 Å². The highest BCUT2D eigenvalue weighted by Gasteiger charge is 2.37. The van der Waals surface area contributed by atoms with Gasteiger partial charge in [0.05, 0.1) is 6.04 Å². The first kappa shape index (κ1) is 25.9. The van der Waals surface area contributed by atoms with Crippen LogP contribution < -0.4 is 22.1 Å². The number of hydrogen-bond acceptors (Lipinski definition) is 5. The lowest BCUT2D eigenvalue weighted by Gasteiger charge is -2.28. The fourth-order valence-electron chi connectivity index (χ4n) is 4.24. The summed E-state index contributed by atoms with van der Waals surface area (Å²) in [5.41, 5.74) is 13.0. The number of benzene rings is 2. The van der Waals surface area contributed by atoms with Gasteiger partial charge in [-0.1, -0.05) is 60.7 Å². The van der Waals surface area contributed by atoms with Gasteiger partial charge < -0.3 is 27.0 Å². The highest BCUT2D eigenvalue weighted by molar-refractivity contribution is 5.95. The fraction of sp³-hybridized carbons (Fsp3) is 0.385. The van der Waals surface area contributed by atoms with Gasteiger partial charge in [0.1, 0.15) is 18.1 Å². The molecule has 0 radical (unpaired) electrons. The van der Waals surface area contributed by atoms with Crippen molar-refractivity contribution in [2.75, 3.05) is 6.54 Å². The third-order valence-corrected chi connectivity index (χ3v) is 6.09. The molecule has 1 aliphatic rings. The summed E-state index contributed by atoms with van der Waals surface area (Å²) in [6.07, 6.45) is 1.60. The highest BCUT2D eigenvalue weighted by atomic mass is 16.2. The van der Waals surface area contributed by atoms with Crippen LogP contribution in [-0.2, 0) is 32.0 Å². The van der Waals surface area contributed by atoms with Crippen molar-refractivity contribution in [2.45, 2.75) is 56.8 Å². The van der Waals surface area contributed by atoms with Gasteiger partial charge in [-0.2, -0.15) is 0 Å². The SMILES string of the molecule is CC(N)C(=O)N1CCCC1C(=O)NC(Cc1ccccc1)C(=O)NC(Cc1ccccc1)C(N)=O.